The molecule has 0 unspecified atom stereocenters. The molecule has 0 N–H and O–H groups in total. The molecule has 2 aromatic heterocycles. The average molecular weight is 452 g/mol. The number of carbonyl (C=O) groups is 1. The van der Waals surface area contributed by atoms with E-state index >= 15 is 0 Å². The van der Waals surface area contributed by atoms with Crippen LogP contribution in [0.25, 0.3) is 16.8 Å². The molecule has 2 aromatic carbocycles. The van der Waals surface area contributed by atoms with Gasteiger partial charge < -0.3 is 9.14 Å². The average Bonchev–Trinajstić information content (AvgIpc) is 3.04. The molecular formula is C24H19BrFNO2. The number of carbonyl (C=O) groups excluding carboxylic acids is 1. The number of methoxy groups -OCH3 is 1. The Hall–Kier alpha value is -2.92. The first-order valence-electron chi connectivity index (χ1n) is 9.21. The van der Waals surface area contributed by atoms with E-state index in [4.69, 9.17) is 4.74 Å². The lowest BCUT2D eigenvalue weighted by Gasteiger charge is -2.11. The first kappa shape index (κ1) is 19.4. The SMILES string of the molecule is COC(=O)c1c(Cc2cccc(F)c2C)c(-c2ccccc2)n2ccc(Br)cc12. The van der Waals surface area contributed by atoms with Crippen molar-refractivity contribution in [2.45, 2.75) is 13.3 Å². The molecule has 0 fully saturated rings. The molecular weight excluding hydrogens is 433 g/mol. The number of nitrogens with zero attached hydrogens (tertiary/aromatic N) is 1. The topological polar surface area (TPSA) is 30.7 Å². The van der Waals surface area contributed by atoms with Gasteiger partial charge in [0.2, 0.25) is 0 Å². The predicted octanol–water partition coefficient (Wildman–Crippen LogP) is 6.19. The molecule has 5 heteroatoms. The van der Waals surface area contributed by atoms with Crippen LogP contribution >= 0.6 is 15.9 Å². The van der Waals surface area contributed by atoms with E-state index in [-0.39, 0.29) is 5.82 Å². The van der Waals surface area contributed by atoms with E-state index in [2.05, 4.69) is 15.9 Å². The normalized spacial score (nSPS) is 11.0. The summed E-state index contributed by atoms with van der Waals surface area (Å²) in [5.41, 5.74) is 5.35. The Morgan fingerprint density at radius 1 is 1.10 bits per heavy atom. The van der Waals surface area contributed by atoms with E-state index in [9.17, 15) is 9.18 Å². The molecule has 0 atom stereocenters. The van der Waals surface area contributed by atoms with Crippen molar-refractivity contribution in [1.82, 2.24) is 4.40 Å². The van der Waals surface area contributed by atoms with Crippen molar-refractivity contribution < 1.29 is 13.9 Å². The van der Waals surface area contributed by atoms with Gasteiger partial charge in [-0.3, -0.25) is 0 Å². The van der Waals surface area contributed by atoms with Gasteiger partial charge in [-0.25, -0.2) is 9.18 Å². The monoisotopic (exact) mass is 451 g/mol. The Morgan fingerprint density at radius 2 is 1.86 bits per heavy atom. The standard InChI is InChI=1S/C24H19BrFNO2/c1-15-17(9-6-10-20(15)26)13-19-22(24(28)29-2)21-14-18(25)11-12-27(21)23(19)16-7-4-3-5-8-16/h3-12,14H,13H2,1-2H3. The quantitative estimate of drug-likeness (QED) is 0.346. The minimum absolute atomic E-state index is 0.255. The molecule has 0 saturated carbocycles. The van der Waals surface area contributed by atoms with Crippen molar-refractivity contribution in [3.63, 3.8) is 0 Å². The number of aromatic nitrogens is 1. The summed E-state index contributed by atoms with van der Waals surface area (Å²) in [6.07, 6.45) is 2.34. The van der Waals surface area contributed by atoms with Crippen molar-refractivity contribution >= 4 is 27.4 Å². The van der Waals surface area contributed by atoms with E-state index in [1.54, 1.807) is 13.0 Å². The highest BCUT2D eigenvalue weighted by molar-refractivity contribution is 9.10. The number of rotatable bonds is 4. The highest BCUT2D eigenvalue weighted by atomic mass is 79.9. The molecule has 0 aliphatic rings. The van der Waals surface area contributed by atoms with Crippen LogP contribution in [0.15, 0.2) is 71.3 Å². The molecule has 0 saturated heterocycles. The van der Waals surface area contributed by atoms with E-state index in [0.29, 0.717) is 17.5 Å². The van der Waals surface area contributed by atoms with Gasteiger partial charge >= 0.3 is 5.97 Å². The molecule has 4 rings (SSSR count). The summed E-state index contributed by atoms with van der Waals surface area (Å²) in [5, 5.41) is 0. The van der Waals surface area contributed by atoms with E-state index in [1.165, 1.54) is 13.2 Å². The number of pyridine rings is 1. The molecule has 0 amide bonds. The third-order valence-electron chi connectivity index (χ3n) is 5.19. The minimum atomic E-state index is -0.410. The zero-order chi connectivity index (χ0) is 20.5. The summed E-state index contributed by atoms with van der Waals surface area (Å²) < 4.78 is 22.2. The van der Waals surface area contributed by atoms with Gasteiger partial charge in [0.25, 0.3) is 0 Å². The van der Waals surface area contributed by atoms with Gasteiger partial charge in [0.15, 0.2) is 0 Å². The lowest BCUT2D eigenvalue weighted by Crippen LogP contribution is -2.06. The lowest BCUT2D eigenvalue weighted by atomic mass is 9.95. The van der Waals surface area contributed by atoms with E-state index in [0.717, 1.165) is 32.4 Å². The third kappa shape index (κ3) is 3.47. The zero-order valence-corrected chi connectivity index (χ0v) is 17.7. The molecule has 0 radical (unpaired) electrons. The number of halogens is 2. The third-order valence-corrected chi connectivity index (χ3v) is 5.68. The smallest absolute Gasteiger partial charge is 0.340 e. The van der Waals surface area contributed by atoms with Crippen LogP contribution in [-0.4, -0.2) is 17.5 Å². The van der Waals surface area contributed by atoms with Gasteiger partial charge in [-0.15, -0.1) is 0 Å². The summed E-state index contributed by atoms with van der Waals surface area (Å²) in [6.45, 7) is 1.76. The summed E-state index contributed by atoms with van der Waals surface area (Å²) in [6, 6.07) is 18.8. The predicted molar refractivity (Wildman–Crippen MR) is 116 cm³/mol. The molecule has 146 valence electrons. The van der Waals surface area contributed by atoms with Crippen molar-refractivity contribution in [1.29, 1.82) is 0 Å². The second kappa shape index (κ2) is 7.84. The fourth-order valence-corrected chi connectivity index (χ4v) is 4.06. The van der Waals surface area contributed by atoms with Crippen LogP contribution in [0.1, 0.15) is 27.0 Å². The van der Waals surface area contributed by atoms with Crippen molar-refractivity contribution in [3.05, 3.63) is 99.4 Å². The fraction of sp³-hybridized carbons (Fsp3) is 0.125. The van der Waals surface area contributed by atoms with Crippen LogP contribution in [0.2, 0.25) is 0 Å². The molecule has 0 aliphatic carbocycles. The second-order valence-electron chi connectivity index (χ2n) is 6.86. The zero-order valence-electron chi connectivity index (χ0n) is 16.1. The maximum atomic E-state index is 14.2. The van der Waals surface area contributed by atoms with Gasteiger partial charge in [-0.1, -0.05) is 58.4 Å². The van der Waals surface area contributed by atoms with Gasteiger partial charge in [-0.05, 0) is 47.4 Å². The molecule has 0 spiro atoms. The van der Waals surface area contributed by atoms with Crippen LogP contribution in [0.4, 0.5) is 4.39 Å². The fourth-order valence-electron chi connectivity index (χ4n) is 3.73. The van der Waals surface area contributed by atoms with E-state index < -0.39 is 5.97 Å². The van der Waals surface area contributed by atoms with Crippen LogP contribution in [0.5, 0.6) is 0 Å². The van der Waals surface area contributed by atoms with Gasteiger partial charge in [-0.2, -0.15) is 0 Å². The minimum Gasteiger partial charge on any atom is -0.465 e. The summed E-state index contributed by atoms with van der Waals surface area (Å²) in [7, 11) is 1.38. The maximum absolute atomic E-state index is 14.2. The lowest BCUT2D eigenvalue weighted by molar-refractivity contribution is 0.0602. The summed E-state index contributed by atoms with van der Waals surface area (Å²) in [5.74, 6) is -0.665. The van der Waals surface area contributed by atoms with Crippen molar-refractivity contribution in [2.75, 3.05) is 7.11 Å². The highest BCUT2D eigenvalue weighted by Gasteiger charge is 2.25. The number of ether oxygens (including phenoxy) is 1. The number of esters is 1. The molecule has 29 heavy (non-hydrogen) atoms. The molecule has 4 aromatic rings. The molecule has 2 heterocycles. The molecule has 0 aliphatic heterocycles. The second-order valence-corrected chi connectivity index (χ2v) is 7.78. The first-order valence-corrected chi connectivity index (χ1v) is 10.0. The number of hydrogen-bond acceptors (Lipinski definition) is 2. The van der Waals surface area contributed by atoms with Crippen molar-refractivity contribution in [3.8, 4) is 11.3 Å². The Morgan fingerprint density at radius 3 is 2.59 bits per heavy atom. The largest absolute Gasteiger partial charge is 0.465 e. The molecule has 0 bridgehead atoms. The van der Waals surface area contributed by atoms with Crippen molar-refractivity contribution in [2.24, 2.45) is 0 Å². The van der Waals surface area contributed by atoms with Crippen LogP contribution in [0, 0.1) is 12.7 Å². The van der Waals surface area contributed by atoms with Gasteiger partial charge in [0.1, 0.15) is 5.82 Å². The van der Waals surface area contributed by atoms with Gasteiger partial charge in [0.05, 0.1) is 23.9 Å². The van der Waals surface area contributed by atoms with Gasteiger partial charge in [0, 0.05) is 17.1 Å². The number of hydrogen-bond donors (Lipinski definition) is 0. The van der Waals surface area contributed by atoms with Crippen LogP contribution in [-0.2, 0) is 11.2 Å². The molecule has 3 nitrogen and oxygen atoms in total. The summed E-state index contributed by atoms with van der Waals surface area (Å²) >= 11 is 3.50. The Kier molecular flexibility index (Phi) is 5.24. The van der Waals surface area contributed by atoms with Crippen LogP contribution < -0.4 is 0 Å². The maximum Gasteiger partial charge on any atom is 0.340 e. The Bertz CT molecular complexity index is 1210. The summed E-state index contributed by atoms with van der Waals surface area (Å²) in [4.78, 5) is 12.8. The highest BCUT2D eigenvalue weighted by Crippen LogP contribution is 2.36. The Labute approximate surface area is 176 Å². The first-order chi connectivity index (χ1) is 14.0. The van der Waals surface area contributed by atoms with E-state index in [1.807, 2.05) is 59.1 Å². The number of fused-ring (bicyclic) bond motifs is 1. The van der Waals surface area contributed by atoms with Crippen LogP contribution in [0.3, 0.4) is 0 Å². The number of benzene rings is 2. The Balaban J connectivity index is 2.07.